The molecular weight excluding hydrogens is 437 g/mol. The van der Waals surface area contributed by atoms with E-state index in [1.807, 2.05) is 6.07 Å². The molecule has 2 rings (SSSR count). The molecular formula is C18H17F3N6O3S. The van der Waals surface area contributed by atoms with Crippen molar-refractivity contribution in [1.82, 2.24) is 15.4 Å². The molecule has 5 N–H and O–H groups in total. The van der Waals surface area contributed by atoms with Gasteiger partial charge in [-0.1, -0.05) is 0 Å². The van der Waals surface area contributed by atoms with Crippen LogP contribution in [0, 0.1) is 11.3 Å². The molecule has 1 amide bonds. The number of benzene rings is 1. The summed E-state index contributed by atoms with van der Waals surface area (Å²) in [5.41, 5.74) is 5.27. The number of thioether (sulfide) groups is 1. The van der Waals surface area contributed by atoms with Crippen LogP contribution < -0.4 is 16.5 Å². The number of amides is 1. The van der Waals surface area contributed by atoms with E-state index >= 15 is 0 Å². The number of nitrogens with one attached hydrogen (secondary N) is 2. The van der Waals surface area contributed by atoms with Gasteiger partial charge in [0, 0.05) is 12.0 Å². The van der Waals surface area contributed by atoms with Crippen molar-refractivity contribution in [3.05, 3.63) is 40.5 Å². The highest BCUT2D eigenvalue weighted by atomic mass is 32.2. The van der Waals surface area contributed by atoms with Crippen molar-refractivity contribution in [3.8, 4) is 6.07 Å². The minimum atomic E-state index is -4.76. The summed E-state index contributed by atoms with van der Waals surface area (Å²) in [5, 5.41) is 21.1. The molecule has 0 fully saturated rings. The first kappa shape index (κ1) is 23.9. The Morgan fingerprint density at radius 3 is 2.55 bits per heavy atom. The number of nitrogens with zero attached hydrogens (tertiary/aromatic N) is 3. The van der Waals surface area contributed by atoms with Crippen LogP contribution in [0.3, 0.4) is 0 Å². The van der Waals surface area contributed by atoms with Crippen molar-refractivity contribution in [2.75, 3.05) is 17.3 Å². The van der Waals surface area contributed by atoms with Crippen molar-refractivity contribution in [2.24, 2.45) is 0 Å². The number of nitrogen functional groups attached to an aromatic ring is 1. The monoisotopic (exact) mass is 454 g/mol. The summed E-state index contributed by atoms with van der Waals surface area (Å²) in [6.07, 6.45) is -3.54. The van der Waals surface area contributed by atoms with Crippen LogP contribution >= 0.6 is 11.8 Å². The highest BCUT2D eigenvalue weighted by Gasteiger charge is 2.32. The third-order valence-electron chi connectivity index (χ3n) is 4.10. The van der Waals surface area contributed by atoms with E-state index in [1.54, 1.807) is 6.26 Å². The molecule has 0 radical (unpaired) electrons. The number of carbonyl (C=O) groups excluding carboxylic acids is 2. The first-order chi connectivity index (χ1) is 14.5. The molecule has 164 valence electrons. The number of alkyl halides is 3. The maximum absolute atomic E-state index is 13.1. The van der Waals surface area contributed by atoms with E-state index in [1.165, 1.54) is 12.4 Å². The summed E-state index contributed by atoms with van der Waals surface area (Å²) in [4.78, 5) is 32.0. The van der Waals surface area contributed by atoms with Crippen LogP contribution in [0.5, 0.6) is 0 Å². The fourth-order valence-electron chi connectivity index (χ4n) is 2.60. The molecule has 1 atom stereocenters. The Morgan fingerprint density at radius 1 is 1.32 bits per heavy atom. The van der Waals surface area contributed by atoms with Gasteiger partial charge in [-0.05, 0) is 36.9 Å². The summed E-state index contributed by atoms with van der Waals surface area (Å²) in [7, 11) is 0. The van der Waals surface area contributed by atoms with Gasteiger partial charge in [-0.15, -0.1) is 11.8 Å². The van der Waals surface area contributed by atoms with Gasteiger partial charge >= 0.3 is 6.18 Å². The van der Waals surface area contributed by atoms with Crippen LogP contribution in [0.4, 0.5) is 24.9 Å². The maximum atomic E-state index is 13.1. The van der Waals surface area contributed by atoms with Crippen molar-refractivity contribution in [3.63, 3.8) is 0 Å². The molecule has 1 heterocycles. The lowest BCUT2D eigenvalue weighted by Gasteiger charge is -2.16. The number of carbonyl (C=O) groups is 2. The molecule has 0 saturated carbocycles. The van der Waals surface area contributed by atoms with Gasteiger partial charge in [0.1, 0.15) is 16.7 Å². The zero-order valence-corrected chi connectivity index (χ0v) is 17.1. The molecule has 13 heteroatoms. The normalized spacial score (nSPS) is 12.0. The fraction of sp³-hybridized carbons (Fsp3) is 0.278. The van der Waals surface area contributed by atoms with Crippen molar-refractivity contribution >= 4 is 35.2 Å². The molecule has 0 bridgehead atoms. The van der Waals surface area contributed by atoms with Gasteiger partial charge in [0.15, 0.2) is 11.6 Å². The zero-order chi connectivity index (χ0) is 23.3. The molecule has 0 saturated heterocycles. The van der Waals surface area contributed by atoms with Crippen molar-refractivity contribution in [1.29, 1.82) is 5.26 Å². The number of rotatable bonds is 7. The molecule has 0 aliphatic rings. The van der Waals surface area contributed by atoms with E-state index in [-0.39, 0.29) is 22.9 Å². The first-order valence-corrected chi connectivity index (χ1v) is 9.79. The number of hydrogen-bond donors (Lipinski definition) is 4. The zero-order valence-electron chi connectivity index (χ0n) is 16.2. The van der Waals surface area contributed by atoms with Gasteiger partial charge < -0.3 is 11.1 Å². The number of nitrogens with two attached hydrogens (primary N) is 1. The Hall–Kier alpha value is -3.37. The second kappa shape index (κ2) is 9.63. The fourth-order valence-corrected chi connectivity index (χ4v) is 3.13. The number of nitriles is 1. The molecule has 9 nitrogen and oxygen atoms in total. The van der Waals surface area contributed by atoms with Gasteiger partial charge in [-0.2, -0.15) is 23.4 Å². The Balaban J connectivity index is 2.31. The van der Waals surface area contributed by atoms with Gasteiger partial charge in [0.05, 0.1) is 11.6 Å². The number of ketones is 1. The van der Waals surface area contributed by atoms with Crippen LogP contribution in [-0.2, 0) is 17.4 Å². The summed E-state index contributed by atoms with van der Waals surface area (Å²) >= 11 is 1.15. The van der Waals surface area contributed by atoms with Crippen LogP contribution in [0.25, 0.3) is 0 Å². The van der Waals surface area contributed by atoms with Gasteiger partial charge in [0.2, 0.25) is 5.95 Å². The number of anilines is 2. The van der Waals surface area contributed by atoms with E-state index in [2.05, 4.69) is 15.3 Å². The number of hydroxylamine groups is 1. The number of Topliss-reactive ketones (excluding diaryl/α,β-unsaturated/α-hetero) is 1. The van der Waals surface area contributed by atoms with Crippen LogP contribution in [0.2, 0.25) is 0 Å². The highest BCUT2D eigenvalue weighted by Crippen LogP contribution is 2.31. The summed E-state index contributed by atoms with van der Waals surface area (Å²) in [6, 6.07) is 3.34. The minimum absolute atomic E-state index is 0.0181. The average Bonchev–Trinajstić information content (AvgIpc) is 2.71. The topological polar surface area (TPSA) is 154 Å². The second-order valence-corrected chi connectivity index (χ2v) is 7.09. The molecule has 31 heavy (non-hydrogen) atoms. The molecule has 1 aromatic heterocycles. The molecule has 0 aliphatic heterocycles. The Bertz CT molecular complexity index is 1060. The summed E-state index contributed by atoms with van der Waals surface area (Å²) in [6.45, 7) is 1.44. The molecule has 2 aromatic rings. The lowest BCUT2D eigenvalue weighted by atomic mass is 9.99. The lowest BCUT2D eigenvalue weighted by Crippen LogP contribution is -2.29. The summed E-state index contributed by atoms with van der Waals surface area (Å²) in [5.74, 6) is -1.79. The molecule has 0 unspecified atom stereocenters. The quantitative estimate of drug-likeness (QED) is 0.214. The maximum Gasteiger partial charge on any atom is 0.416 e. The van der Waals surface area contributed by atoms with E-state index in [0.717, 1.165) is 23.9 Å². The second-order valence-electron chi connectivity index (χ2n) is 6.29. The van der Waals surface area contributed by atoms with Crippen LogP contribution in [-0.4, -0.2) is 39.2 Å². The Morgan fingerprint density at radius 2 is 2.00 bits per heavy atom. The summed E-state index contributed by atoms with van der Waals surface area (Å²) < 4.78 is 39.4. The molecule has 0 aliphatic carbocycles. The minimum Gasteiger partial charge on any atom is -0.368 e. The Labute approximate surface area is 178 Å². The number of halogens is 3. The third kappa shape index (κ3) is 5.83. The van der Waals surface area contributed by atoms with Crippen LogP contribution in [0.15, 0.2) is 23.2 Å². The SMILES string of the molecule is CSc1nc(N)nc(N[C@@H](C)C(=O)Cc2cc(C(=O)NO)cc(C(F)(F)F)c2)c1C#N. The number of aromatic nitrogens is 2. The molecule has 0 spiro atoms. The standard InChI is InChI=1S/C18H17F3N6O3S/c1-8(24-14-12(7-22)16(31-2)26-17(23)25-14)13(28)5-9-3-10(15(29)27-30)6-11(4-9)18(19,20)21/h3-4,6,8,30H,5H2,1-2H3,(H,27,29)(H3,23,24,25,26)/t8-/m0/s1. The van der Waals surface area contributed by atoms with Crippen molar-refractivity contribution in [2.45, 2.75) is 30.6 Å². The van der Waals surface area contributed by atoms with E-state index < -0.39 is 41.5 Å². The smallest absolute Gasteiger partial charge is 0.368 e. The molecule has 1 aromatic carbocycles. The number of hydrogen-bond acceptors (Lipinski definition) is 9. The predicted octanol–water partition coefficient (Wildman–Crippen LogP) is 2.40. The Kier molecular flexibility index (Phi) is 7.42. The lowest BCUT2D eigenvalue weighted by molar-refractivity contribution is -0.137. The predicted molar refractivity (Wildman–Crippen MR) is 105 cm³/mol. The first-order valence-electron chi connectivity index (χ1n) is 8.56. The van der Waals surface area contributed by atoms with Gasteiger partial charge in [0.25, 0.3) is 5.91 Å². The highest BCUT2D eigenvalue weighted by molar-refractivity contribution is 7.98. The van der Waals surface area contributed by atoms with Gasteiger partial charge in [-0.3, -0.25) is 14.8 Å². The third-order valence-corrected chi connectivity index (χ3v) is 4.78. The largest absolute Gasteiger partial charge is 0.416 e. The van der Waals surface area contributed by atoms with Crippen LogP contribution in [0.1, 0.15) is 34.0 Å². The van der Waals surface area contributed by atoms with Crippen molar-refractivity contribution < 1.29 is 28.0 Å². The van der Waals surface area contributed by atoms with Gasteiger partial charge in [-0.25, -0.2) is 10.5 Å². The van der Waals surface area contributed by atoms with E-state index in [9.17, 15) is 28.0 Å². The van der Waals surface area contributed by atoms with E-state index in [0.29, 0.717) is 11.1 Å². The average molecular weight is 454 g/mol. The van der Waals surface area contributed by atoms with E-state index in [4.69, 9.17) is 10.9 Å².